The maximum atomic E-state index is 12.4. The lowest BCUT2D eigenvalue weighted by Crippen LogP contribution is -2.24. The molecule has 2 aromatic rings. The molecule has 0 saturated carbocycles. The van der Waals surface area contributed by atoms with Crippen LogP contribution in [0.2, 0.25) is 5.02 Å². The third-order valence-corrected chi connectivity index (χ3v) is 4.76. The molecule has 122 valence electrons. The lowest BCUT2D eigenvalue weighted by molar-refractivity contribution is -0.139. The Kier molecular flexibility index (Phi) is 4.47. The topological polar surface area (TPSA) is 57.6 Å². The van der Waals surface area contributed by atoms with Crippen molar-refractivity contribution in [3.8, 4) is 0 Å². The van der Waals surface area contributed by atoms with Crippen LogP contribution in [0, 0.1) is 0 Å². The molecule has 1 fully saturated rings. The minimum Gasteiger partial charge on any atom is -0.507 e. The number of hydrogen-bond donors (Lipinski definition) is 1. The van der Waals surface area contributed by atoms with Crippen molar-refractivity contribution in [2.75, 3.05) is 7.05 Å². The maximum absolute atomic E-state index is 12.4. The number of Topliss-reactive ketones (excluding diaryl/α,β-unsaturated/α-hetero) is 1. The largest absolute Gasteiger partial charge is 0.507 e. The Balaban J connectivity index is 2.16. The van der Waals surface area contributed by atoms with Crippen LogP contribution in [0.1, 0.15) is 17.2 Å². The maximum Gasteiger partial charge on any atom is 0.295 e. The number of nitrogens with zero attached hydrogens (tertiary/aromatic N) is 1. The first-order valence-electron chi connectivity index (χ1n) is 7.16. The summed E-state index contributed by atoms with van der Waals surface area (Å²) in [5.41, 5.74) is 1.26. The first-order chi connectivity index (χ1) is 11.4. The molecule has 1 aliphatic rings. The van der Waals surface area contributed by atoms with E-state index in [9.17, 15) is 14.7 Å². The molecule has 1 atom stereocenters. The fourth-order valence-electron chi connectivity index (χ4n) is 2.75. The summed E-state index contributed by atoms with van der Waals surface area (Å²) in [6.45, 7) is 0. The average molecular weight is 407 g/mol. The number of carbonyl (C=O) groups is 2. The minimum atomic E-state index is -0.696. The number of halogens is 2. The molecule has 0 unspecified atom stereocenters. The Morgan fingerprint density at radius 2 is 1.67 bits per heavy atom. The molecule has 1 N–H and O–H groups in total. The summed E-state index contributed by atoms with van der Waals surface area (Å²) in [6, 6.07) is 13.1. The molecule has 0 spiro atoms. The summed E-state index contributed by atoms with van der Waals surface area (Å²) in [6.07, 6.45) is 0. The van der Waals surface area contributed by atoms with Gasteiger partial charge in [0.1, 0.15) is 5.76 Å². The molecule has 0 aromatic heterocycles. The lowest BCUT2D eigenvalue weighted by atomic mass is 9.95. The molecule has 1 aliphatic heterocycles. The molecule has 24 heavy (non-hydrogen) atoms. The van der Waals surface area contributed by atoms with Crippen molar-refractivity contribution in [1.29, 1.82) is 0 Å². The van der Waals surface area contributed by atoms with Crippen LogP contribution in [0.15, 0.2) is 58.6 Å². The Morgan fingerprint density at radius 1 is 1.08 bits per heavy atom. The van der Waals surface area contributed by atoms with Crippen molar-refractivity contribution in [2.45, 2.75) is 6.04 Å². The van der Waals surface area contributed by atoms with Gasteiger partial charge < -0.3 is 10.0 Å². The number of hydrogen-bond acceptors (Lipinski definition) is 3. The number of benzene rings is 2. The molecule has 1 heterocycles. The van der Waals surface area contributed by atoms with Crippen molar-refractivity contribution >= 4 is 45.0 Å². The highest BCUT2D eigenvalue weighted by molar-refractivity contribution is 9.10. The smallest absolute Gasteiger partial charge is 0.295 e. The second-order valence-corrected chi connectivity index (χ2v) is 6.82. The molecular formula is C18H13BrClNO3. The van der Waals surface area contributed by atoms with Gasteiger partial charge in [0.2, 0.25) is 0 Å². The molecule has 0 bridgehead atoms. The number of ketones is 1. The first kappa shape index (κ1) is 16.7. The molecule has 0 aliphatic carbocycles. The van der Waals surface area contributed by atoms with Crippen LogP contribution in [-0.2, 0) is 9.59 Å². The van der Waals surface area contributed by atoms with Gasteiger partial charge in [0.25, 0.3) is 11.7 Å². The van der Waals surface area contributed by atoms with Gasteiger partial charge >= 0.3 is 0 Å². The minimum absolute atomic E-state index is 0.0761. The summed E-state index contributed by atoms with van der Waals surface area (Å²) < 4.78 is 0.851. The third-order valence-electron chi connectivity index (χ3n) is 3.98. The Hall–Kier alpha value is -2.11. The molecule has 3 rings (SSSR count). The van der Waals surface area contributed by atoms with Crippen LogP contribution >= 0.6 is 27.5 Å². The van der Waals surface area contributed by atoms with Gasteiger partial charge in [-0.25, -0.2) is 0 Å². The average Bonchev–Trinajstić information content (AvgIpc) is 2.80. The molecule has 1 saturated heterocycles. The fraction of sp³-hybridized carbons (Fsp3) is 0.111. The van der Waals surface area contributed by atoms with E-state index in [0.717, 1.165) is 4.47 Å². The summed E-state index contributed by atoms with van der Waals surface area (Å²) >= 11 is 9.23. The van der Waals surface area contributed by atoms with Crippen molar-refractivity contribution in [3.05, 3.63) is 74.7 Å². The number of rotatable bonds is 2. The van der Waals surface area contributed by atoms with Gasteiger partial charge in [-0.15, -0.1) is 0 Å². The second kappa shape index (κ2) is 6.42. The summed E-state index contributed by atoms with van der Waals surface area (Å²) in [7, 11) is 1.54. The quantitative estimate of drug-likeness (QED) is 0.463. The van der Waals surface area contributed by atoms with E-state index in [0.29, 0.717) is 16.1 Å². The summed E-state index contributed by atoms with van der Waals surface area (Å²) in [5.74, 6) is -1.53. The summed E-state index contributed by atoms with van der Waals surface area (Å²) in [5, 5.41) is 11.2. The van der Waals surface area contributed by atoms with Crippen LogP contribution in [-0.4, -0.2) is 28.7 Å². The Morgan fingerprint density at radius 3 is 2.25 bits per heavy atom. The van der Waals surface area contributed by atoms with E-state index in [4.69, 9.17) is 11.6 Å². The zero-order valence-corrected chi connectivity index (χ0v) is 15.0. The van der Waals surface area contributed by atoms with E-state index in [1.165, 1.54) is 4.90 Å². The monoisotopic (exact) mass is 405 g/mol. The number of likely N-dealkylation sites (N-methyl/N-ethyl adjacent to an activating group) is 1. The second-order valence-electron chi connectivity index (χ2n) is 5.47. The van der Waals surface area contributed by atoms with Crippen LogP contribution in [0.5, 0.6) is 0 Å². The predicted molar refractivity (Wildman–Crippen MR) is 95.7 cm³/mol. The van der Waals surface area contributed by atoms with Crippen molar-refractivity contribution in [2.24, 2.45) is 0 Å². The molecule has 2 aromatic carbocycles. The number of amides is 1. The zero-order valence-electron chi connectivity index (χ0n) is 12.7. The van der Waals surface area contributed by atoms with Gasteiger partial charge in [-0.3, -0.25) is 9.59 Å². The van der Waals surface area contributed by atoms with E-state index >= 15 is 0 Å². The van der Waals surface area contributed by atoms with Gasteiger partial charge in [-0.1, -0.05) is 51.8 Å². The first-order valence-corrected chi connectivity index (χ1v) is 8.33. The van der Waals surface area contributed by atoms with Crippen molar-refractivity contribution in [1.82, 2.24) is 4.90 Å². The number of likely N-dealkylation sites (tertiary alicyclic amines) is 1. The van der Waals surface area contributed by atoms with E-state index in [-0.39, 0.29) is 11.3 Å². The lowest BCUT2D eigenvalue weighted by Gasteiger charge is -2.21. The van der Waals surface area contributed by atoms with E-state index in [1.54, 1.807) is 55.6 Å². The van der Waals surface area contributed by atoms with Crippen LogP contribution in [0.25, 0.3) is 5.76 Å². The predicted octanol–water partition coefficient (Wildman–Crippen LogP) is 4.15. The van der Waals surface area contributed by atoms with E-state index in [2.05, 4.69) is 15.9 Å². The van der Waals surface area contributed by atoms with Crippen LogP contribution in [0.4, 0.5) is 0 Å². The van der Waals surface area contributed by atoms with Crippen LogP contribution < -0.4 is 0 Å². The van der Waals surface area contributed by atoms with Crippen molar-refractivity contribution in [3.63, 3.8) is 0 Å². The standard InChI is InChI=1S/C18H13BrClNO3/c1-21-15(10-4-8-13(20)9-5-10)14(17(23)18(21)24)16(22)11-2-6-12(19)7-3-11/h2-9,15,22H,1H3/t15-/m0/s1. The van der Waals surface area contributed by atoms with Gasteiger partial charge in [-0.05, 0) is 29.8 Å². The van der Waals surface area contributed by atoms with Crippen molar-refractivity contribution < 1.29 is 14.7 Å². The van der Waals surface area contributed by atoms with Gasteiger partial charge in [-0.2, -0.15) is 0 Å². The SMILES string of the molecule is CN1C(=O)C(=O)C(=C(O)c2ccc(Br)cc2)[C@@H]1c1ccc(Cl)cc1. The van der Waals surface area contributed by atoms with E-state index in [1.807, 2.05) is 0 Å². The normalized spacial score (nSPS) is 19.8. The molecule has 6 heteroatoms. The highest BCUT2D eigenvalue weighted by atomic mass is 79.9. The molecular weight excluding hydrogens is 394 g/mol. The molecule has 0 radical (unpaired) electrons. The Labute approximate surface area is 152 Å². The van der Waals surface area contributed by atoms with Gasteiger partial charge in [0.05, 0.1) is 11.6 Å². The van der Waals surface area contributed by atoms with Gasteiger partial charge in [0.15, 0.2) is 0 Å². The highest BCUT2D eigenvalue weighted by Crippen LogP contribution is 2.38. The number of carbonyl (C=O) groups excluding carboxylic acids is 2. The number of aliphatic hydroxyl groups excluding tert-OH is 1. The third kappa shape index (κ3) is 2.85. The fourth-order valence-corrected chi connectivity index (χ4v) is 3.14. The molecule has 1 amide bonds. The highest BCUT2D eigenvalue weighted by Gasteiger charge is 2.44. The summed E-state index contributed by atoms with van der Waals surface area (Å²) in [4.78, 5) is 25.9. The van der Waals surface area contributed by atoms with Crippen LogP contribution in [0.3, 0.4) is 0 Å². The Bertz CT molecular complexity index is 844. The van der Waals surface area contributed by atoms with E-state index < -0.39 is 17.7 Å². The van der Waals surface area contributed by atoms with Gasteiger partial charge in [0, 0.05) is 22.1 Å². The molecule has 4 nitrogen and oxygen atoms in total. The zero-order chi connectivity index (χ0) is 17.4. The number of aliphatic hydroxyl groups is 1.